The number of carbonyl (C=O) groups is 3. The normalized spacial score (nSPS) is 22.0. The molecule has 1 aliphatic heterocycles. The van der Waals surface area contributed by atoms with E-state index in [1.807, 2.05) is 0 Å². The Balaban J connectivity index is 1.54. The highest BCUT2D eigenvalue weighted by Gasteiger charge is 2.43. The van der Waals surface area contributed by atoms with Crippen molar-refractivity contribution >= 4 is 35.1 Å². The van der Waals surface area contributed by atoms with E-state index < -0.39 is 24.0 Å². The van der Waals surface area contributed by atoms with Crippen LogP contribution in [0.15, 0.2) is 42.6 Å². The molecule has 0 radical (unpaired) electrons. The van der Waals surface area contributed by atoms with Crippen LogP contribution in [-0.2, 0) is 4.79 Å². The Morgan fingerprint density at radius 2 is 1.71 bits per heavy atom. The minimum atomic E-state index is -1.10. The van der Waals surface area contributed by atoms with Crippen molar-refractivity contribution in [2.75, 3.05) is 25.5 Å². The Kier molecular flexibility index (Phi) is 7.72. The molecule has 0 bridgehead atoms. The first kappa shape index (κ1) is 24.7. The van der Waals surface area contributed by atoms with Crippen LogP contribution in [0, 0.1) is 0 Å². The van der Waals surface area contributed by atoms with Crippen LogP contribution in [0.1, 0.15) is 36.0 Å². The van der Waals surface area contributed by atoms with Crippen LogP contribution in [0.25, 0.3) is 0 Å². The highest BCUT2D eigenvalue weighted by molar-refractivity contribution is 6.29. The largest absolute Gasteiger partial charge is 0.497 e. The van der Waals surface area contributed by atoms with Crippen molar-refractivity contribution in [1.82, 2.24) is 20.1 Å². The van der Waals surface area contributed by atoms with Crippen molar-refractivity contribution in [3.63, 3.8) is 0 Å². The highest BCUT2D eigenvalue weighted by Crippen LogP contribution is 2.23. The van der Waals surface area contributed by atoms with Gasteiger partial charge in [-0.3, -0.25) is 14.5 Å². The maximum Gasteiger partial charge on any atom is 0.323 e. The second-order valence-corrected chi connectivity index (χ2v) is 9.10. The van der Waals surface area contributed by atoms with E-state index in [4.69, 9.17) is 22.1 Å². The van der Waals surface area contributed by atoms with Gasteiger partial charge in [0.1, 0.15) is 10.9 Å². The number of benzene rings is 1. The molecule has 1 saturated carbocycles. The number of nitrogens with zero attached hydrogens (tertiary/aromatic N) is 3. The second-order valence-electron chi connectivity index (χ2n) is 8.71. The summed E-state index contributed by atoms with van der Waals surface area (Å²) in [7, 11) is 1.56. The smallest absolute Gasteiger partial charge is 0.323 e. The first-order chi connectivity index (χ1) is 16.9. The van der Waals surface area contributed by atoms with Gasteiger partial charge >= 0.3 is 6.03 Å². The predicted octanol–water partition coefficient (Wildman–Crippen LogP) is 2.45. The number of rotatable bonds is 5. The molecule has 186 valence electrons. The van der Waals surface area contributed by atoms with Crippen molar-refractivity contribution in [3.05, 3.63) is 53.3 Å². The molecule has 4 N–H and O–H groups in total. The minimum Gasteiger partial charge on any atom is -0.497 e. The van der Waals surface area contributed by atoms with Crippen LogP contribution < -0.4 is 21.1 Å². The number of halogens is 1. The molecule has 35 heavy (non-hydrogen) atoms. The van der Waals surface area contributed by atoms with E-state index in [1.165, 1.54) is 22.1 Å². The van der Waals surface area contributed by atoms with Gasteiger partial charge in [-0.15, -0.1) is 0 Å². The number of hydrogen-bond acceptors (Lipinski definition) is 6. The Morgan fingerprint density at radius 3 is 2.34 bits per heavy atom. The molecule has 2 aliphatic rings. The number of methoxy groups -OCH3 is 1. The van der Waals surface area contributed by atoms with Gasteiger partial charge in [0.2, 0.25) is 0 Å². The van der Waals surface area contributed by atoms with E-state index in [2.05, 4.69) is 15.6 Å². The van der Waals surface area contributed by atoms with Crippen LogP contribution in [0.2, 0.25) is 5.15 Å². The van der Waals surface area contributed by atoms with Gasteiger partial charge in [-0.25, -0.2) is 9.78 Å². The molecule has 1 aromatic carbocycles. The number of urea groups is 1. The summed E-state index contributed by atoms with van der Waals surface area (Å²) in [5, 5.41) is 6.09. The molecule has 2 fully saturated rings. The third-order valence-corrected chi connectivity index (χ3v) is 6.59. The van der Waals surface area contributed by atoms with Crippen molar-refractivity contribution < 1.29 is 19.1 Å². The zero-order valence-corrected chi connectivity index (χ0v) is 20.2. The van der Waals surface area contributed by atoms with Crippen LogP contribution in [0.4, 0.5) is 10.5 Å². The van der Waals surface area contributed by atoms with Gasteiger partial charge in [0.05, 0.1) is 12.7 Å². The van der Waals surface area contributed by atoms with E-state index >= 15 is 0 Å². The topological polar surface area (TPSA) is 130 Å². The van der Waals surface area contributed by atoms with E-state index in [9.17, 15) is 14.4 Å². The number of hydrogen-bond donors (Lipinski definition) is 3. The molecule has 2 aromatic rings. The first-order valence-corrected chi connectivity index (χ1v) is 11.9. The number of ether oxygens (including phenoxy) is 1. The Hall–Kier alpha value is -3.37. The van der Waals surface area contributed by atoms with Gasteiger partial charge in [-0.05, 0) is 62.1 Å². The van der Waals surface area contributed by atoms with Gasteiger partial charge in [0.15, 0.2) is 6.17 Å². The zero-order chi connectivity index (χ0) is 24.9. The number of amides is 4. The van der Waals surface area contributed by atoms with Crippen LogP contribution in [0.3, 0.4) is 0 Å². The molecule has 1 saturated heterocycles. The fourth-order valence-corrected chi connectivity index (χ4v) is 4.53. The monoisotopic (exact) mass is 500 g/mol. The van der Waals surface area contributed by atoms with Crippen molar-refractivity contribution in [2.24, 2.45) is 5.73 Å². The number of aromatic nitrogens is 1. The molecule has 2 heterocycles. The quantitative estimate of drug-likeness (QED) is 0.541. The molecule has 4 rings (SSSR count). The average molecular weight is 501 g/mol. The summed E-state index contributed by atoms with van der Waals surface area (Å²) in [6, 6.07) is 9.52. The van der Waals surface area contributed by atoms with Crippen molar-refractivity contribution in [2.45, 2.75) is 43.9 Å². The molecule has 1 aromatic heterocycles. The molecule has 4 amide bonds. The zero-order valence-electron chi connectivity index (χ0n) is 19.4. The lowest BCUT2D eigenvalue weighted by molar-refractivity contribution is -0.128. The SMILES string of the molecule is COc1ccc(NC(=O)N2CCN(C(=O)c3ccc(Cl)nc3)C2C(=O)NC2CCC(N)CC2)cc1. The molecule has 1 unspecified atom stereocenters. The van der Waals surface area contributed by atoms with Crippen molar-refractivity contribution in [3.8, 4) is 5.75 Å². The van der Waals surface area contributed by atoms with E-state index in [0.717, 1.165) is 25.7 Å². The van der Waals surface area contributed by atoms with Gasteiger partial charge < -0.3 is 26.0 Å². The number of pyridine rings is 1. The molecule has 1 atom stereocenters. The molecule has 0 spiro atoms. The van der Waals surface area contributed by atoms with Gasteiger partial charge in [0, 0.05) is 37.1 Å². The number of carbonyl (C=O) groups excluding carboxylic acids is 3. The maximum absolute atomic E-state index is 13.4. The Morgan fingerprint density at radius 1 is 1.03 bits per heavy atom. The molecular formula is C24H29ClN6O4. The lowest BCUT2D eigenvalue weighted by Crippen LogP contribution is -2.56. The van der Waals surface area contributed by atoms with E-state index in [-0.39, 0.29) is 35.9 Å². The average Bonchev–Trinajstić information content (AvgIpc) is 3.31. The third kappa shape index (κ3) is 5.83. The summed E-state index contributed by atoms with van der Waals surface area (Å²) in [4.78, 5) is 46.6. The molecule has 11 heteroatoms. The highest BCUT2D eigenvalue weighted by atomic mass is 35.5. The van der Waals surface area contributed by atoms with Gasteiger partial charge in [0.25, 0.3) is 11.8 Å². The third-order valence-electron chi connectivity index (χ3n) is 6.36. The van der Waals surface area contributed by atoms with Crippen molar-refractivity contribution in [1.29, 1.82) is 0 Å². The minimum absolute atomic E-state index is 0.0523. The summed E-state index contributed by atoms with van der Waals surface area (Å²) < 4.78 is 5.15. The predicted molar refractivity (Wildman–Crippen MR) is 131 cm³/mol. The summed E-state index contributed by atoms with van der Waals surface area (Å²) in [5.41, 5.74) is 6.82. The Bertz CT molecular complexity index is 1060. The Labute approximate surface area is 208 Å². The van der Waals surface area contributed by atoms with Crippen LogP contribution >= 0.6 is 11.6 Å². The molecule has 1 aliphatic carbocycles. The van der Waals surface area contributed by atoms with Gasteiger partial charge in [-0.2, -0.15) is 0 Å². The van der Waals surface area contributed by atoms with Gasteiger partial charge in [-0.1, -0.05) is 11.6 Å². The molecule has 10 nitrogen and oxygen atoms in total. The van der Waals surface area contributed by atoms with Crippen LogP contribution in [-0.4, -0.2) is 71.1 Å². The first-order valence-electron chi connectivity index (χ1n) is 11.6. The summed E-state index contributed by atoms with van der Waals surface area (Å²) in [5.74, 6) is -0.148. The number of nitrogens with one attached hydrogen (secondary N) is 2. The summed E-state index contributed by atoms with van der Waals surface area (Å²) in [6.07, 6.45) is 3.40. The maximum atomic E-state index is 13.4. The van der Waals surface area contributed by atoms with Crippen LogP contribution in [0.5, 0.6) is 5.75 Å². The summed E-state index contributed by atoms with van der Waals surface area (Å²) in [6.45, 7) is 0.396. The summed E-state index contributed by atoms with van der Waals surface area (Å²) >= 11 is 5.86. The lowest BCUT2D eigenvalue weighted by atomic mass is 9.92. The number of anilines is 1. The molecular weight excluding hydrogens is 472 g/mol. The lowest BCUT2D eigenvalue weighted by Gasteiger charge is -2.32. The standard InChI is InChI=1S/C24H29ClN6O4/c1-35-19-9-7-18(8-10-19)29-24(34)31-13-12-30(23(33)15-2-11-20(25)27-14-15)22(31)21(32)28-17-5-3-16(26)4-6-17/h2,7-11,14,16-17,22H,3-6,12-13,26H2,1H3,(H,28,32)(H,29,34). The fraction of sp³-hybridized carbons (Fsp3) is 0.417. The number of nitrogens with two attached hydrogens (primary N) is 1. The van der Waals surface area contributed by atoms with E-state index in [0.29, 0.717) is 11.4 Å². The fourth-order valence-electron chi connectivity index (χ4n) is 4.41. The second kappa shape index (κ2) is 10.9. The van der Waals surface area contributed by atoms with E-state index in [1.54, 1.807) is 37.4 Å².